The highest BCUT2D eigenvalue weighted by atomic mass is 79.9. The van der Waals surface area contributed by atoms with Gasteiger partial charge in [-0.25, -0.2) is 0 Å². The number of ether oxygens (including phenoxy) is 1. The molecule has 1 fully saturated rings. The third-order valence-corrected chi connectivity index (χ3v) is 5.44. The molecule has 0 aliphatic carbocycles. The van der Waals surface area contributed by atoms with Crippen molar-refractivity contribution in [3.8, 4) is 0 Å². The molecule has 1 aliphatic rings. The first-order chi connectivity index (χ1) is 14.0. The summed E-state index contributed by atoms with van der Waals surface area (Å²) in [5.41, 5.74) is 0.932. The van der Waals surface area contributed by atoms with Crippen LogP contribution in [-0.2, 0) is 14.3 Å². The molecule has 6 nitrogen and oxygen atoms in total. The second-order valence-corrected chi connectivity index (χ2v) is 7.68. The summed E-state index contributed by atoms with van der Waals surface area (Å²) in [6.07, 6.45) is 0. The number of aliphatic hydroxyl groups excluding tert-OH is 2. The van der Waals surface area contributed by atoms with Crippen molar-refractivity contribution in [1.29, 1.82) is 0 Å². The zero-order valence-corrected chi connectivity index (χ0v) is 17.7. The van der Waals surface area contributed by atoms with Crippen molar-refractivity contribution in [3.63, 3.8) is 0 Å². The summed E-state index contributed by atoms with van der Waals surface area (Å²) in [5, 5.41) is 20.1. The van der Waals surface area contributed by atoms with Crippen molar-refractivity contribution < 1.29 is 24.5 Å². The second-order valence-electron chi connectivity index (χ2n) is 6.36. The summed E-state index contributed by atoms with van der Waals surface area (Å²) < 4.78 is 6.08. The molecule has 8 heteroatoms. The van der Waals surface area contributed by atoms with Gasteiger partial charge in [-0.05, 0) is 23.8 Å². The minimum absolute atomic E-state index is 0.0208. The predicted molar refractivity (Wildman–Crippen MR) is 113 cm³/mol. The highest BCUT2D eigenvalue weighted by Gasteiger charge is 2.46. The number of rotatable bonds is 7. The van der Waals surface area contributed by atoms with Crippen molar-refractivity contribution in [2.24, 2.45) is 0 Å². The maximum atomic E-state index is 12.8. The molecule has 2 N–H and O–H groups in total. The highest BCUT2D eigenvalue weighted by molar-refractivity contribution is 9.10. The number of nitrogens with zero attached hydrogens (tertiary/aromatic N) is 1. The Bertz CT molecular complexity index is 944. The van der Waals surface area contributed by atoms with E-state index in [1.165, 1.54) is 4.90 Å². The zero-order chi connectivity index (χ0) is 21.0. The number of carbonyl (C=O) groups excluding carboxylic acids is 2. The number of aliphatic hydroxyl groups is 2. The third kappa shape index (κ3) is 4.53. The van der Waals surface area contributed by atoms with Crippen molar-refractivity contribution in [2.45, 2.75) is 6.04 Å². The number of hydrogen-bond acceptors (Lipinski definition) is 5. The van der Waals surface area contributed by atoms with Crippen molar-refractivity contribution in [1.82, 2.24) is 4.90 Å². The van der Waals surface area contributed by atoms with E-state index in [0.29, 0.717) is 16.1 Å². The first-order valence-corrected chi connectivity index (χ1v) is 10.1. The number of ketones is 1. The van der Waals surface area contributed by atoms with Gasteiger partial charge in [0.15, 0.2) is 0 Å². The van der Waals surface area contributed by atoms with E-state index in [1.807, 2.05) is 0 Å². The lowest BCUT2D eigenvalue weighted by Crippen LogP contribution is -2.33. The van der Waals surface area contributed by atoms with Gasteiger partial charge in [0.2, 0.25) is 0 Å². The maximum absolute atomic E-state index is 12.8. The molecule has 1 amide bonds. The smallest absolute Gasteiger partial charge is 0.295 e. The Hall–Kier alpha value is -2.19. The second kappa shape index (κ2) is 9.54. The molecule has 1 saturated heterocycles. The minimum atomic E-state index is -0.843. The van der Waals surface area contributed by atoms with E-state index < -0.39 is 17.7 Å². The summed E-state index contributed by atoms with van der Waals surface area (Å²) in [6.45, 7) is 0.223. The molecule has 0 radical (unpaired) electrons. The van der Waals surface area contributed by atoms with Gasteiger partial charge in [0, 0.05) is 21.6 Å². The van der Waals surface area contributed by atoms with E-state index in [9.17, 15) is 14.7 Å². The van der Waals surface area contributed by atoms with Crippen LogP contribution < -0.4 is 0 Å². The van der Waals surface area contributed by atoms with Gasteiger partial charge < -0.3 is 19.8 Å². The molecule has 1 unspecified atom stereocenters. The van der Waals surface area contributed by atoms with Gasteiger partial charge in [0.25, 0.3) is 11.7 Å². The van der Waals surface area contributed by atoms with Crippen LogP contribution in [0.15, 0.2) is 58.6 Å². The minimum Gasteiger partial charge on any atom is -0.507 e. The van der Waals surface area contributed by atoms with Crippen LogP contribution in [0.5, 0.6) is 0 Å². The fraction of sp³-hybridized carbons (Fsp3) is 0.238. The predicted octanol–water partition coefficient (Wildman–Crippen LogP) is 3.53. The molecular weight excluding hydrogens is 462 g/mol. The molecule has 1 aliphatic heterocycles. The standard InChI is InChI=1S/C21H19BrClNO5/c22-14-7-5-13(6-8-14)19(26)17-18(15-3-1-2-4-16(15)23)24(21(28)20(17)27)9-11-29-12-10-25/h1-8,18,25-26H,9-12H2/b19-17+. The van der Waals surface area contributed by atoms with E-state index in [-0.39, 0.29) is 37.7 Å². The summed E-state index contributed by atoms with van der Waals surface area (Å²) in [4.78, 5) is 26.9. The van der Waals surface area contributed by atoms with Crippen molar-refractivity contribution >= 4 is 45.0 Å². The SMILES string of the molecule is O=C1C(=O)N(CCOCCO)C(c2ccccc2Cl)/C1=C(\O)c1ccc(Br)cc1. The van der Waals surface area contributed by atoms with Crippen molar-refractivity contribution in [3.05, 3.63) is 74.7 Å². The molecule has 0 aromatic heterocycles. The van der Waals surface area contributed by atoms with Crippen molar-refractivity contribution in [2.75, 3.05) is 26.4 Å². The average Bonchev–Trinajstić information content (AvgIpc) is 2.96. The molecule has 1 atom stereocenters. The van der Waals surface area contributed by atoms with Gasteiger partial charge in [-0.2, -0.15) is 0 Å². The Kier molecular flexibility index (Phi) is 7.08. The number of hydrogen-bond donors (Lipinski definition) is 2. The van der Waals surface area contributed by atoms with Gasteiger partial charge in [0.05, 0.1) is 31.4 Å². The van der Waals surface area contributed by atoms with Crippen LogP contribution in [0.3, 0.4) is 0 Å². The van der Waals surface area contributed by atoms with E-state index in [1.54, 1.807) is 48.5 Å². The van der Waals surface area contributed by atoms with Gasteiger partial charge in [-0.15, -0.1) is 0 Å². The van der Waals surface area contributed by atoms with Crippen LogP contribution >= 0.6 is 27.5 Å². The Morgan fingerprint density at radius 3 is 2.45 bits per heavy atom. The highest BCUT2D eigenvalue weighted by Crippen LogP contribution is 2.41. The van der Waals surface area contributed by atoms with E-state index in [2.05, 4.69) is 15.9 Å². The van der Waals surface area contributed by atoms with Gasteiger partial charge in [0.1, 0.15) is 5.76 Å². The van der Waals surface area contributed by atoms with Gasteiger partial charge in [-0.1, -0.05) is 57.9 Å². The topological polar surface area (TPSA) is 87.1 Å². The molecule has 2 aromatic carbocycles. The van der Waals surface area contributed by atoms with Crippen LogP contribution in [0.2, 0.25) is 5.02 Å². The molecule has 0 bridgehead atoms. The molecule has 3 rings (SSSR count). The quantitative estimate of drug-likeness (QED) is 0.274. The lowest BCUT2D eigenvalue weighted by molar-refractivity contribution is -0.140. The average molecular weight is 481 g/mol. The summed E-state index contributed by atoms with van der Waals surface area (Å²) in [7, 11) is 0. The Morgan fingerprint density at radius 1 is 1.10 bits per heavy atom. The first-order valence-electron chi connectivity index (χ1n) is 8.93. The van der Waals surface area contributed by atoms with E-state index in [4.69, 9.17) is 21.4 Å². The number of amides is 1. The number of halogens is 2. The Balaban J connectivity index is 2.08. The van der Waals surface area contributed by atoms with Crippen LogP contribution in [0, 0.1) is 0 Å². The van der Waals surface area contributed by atoms with E-state index >= 15 is 0 Å². The molecule has 1 heterocycles. The molecular formula is C21H19BrClNO5. The van der Waals surface area contributed by atoms with Gasteiger partial charge >= 0.3 is 0 Å². The lowest BCUT2D eigenvalue weighted by Gasteiger charge is -2.26. The maximum Gasteiger partial charge on any atom is 0.295 e. The zero-order valence-electron chi connectivity index (χ0n) is 15.3. The number of likely N-dealkylation sites (tertiary alicyclic amines) is 1. The largest absolute Gasteiger partial charge is 0.507 e. The Labute approximate surface area is 181 Å². The normalized spacial score (nSPS) is 18.4. The summed E-state index contributed by atoms with van der Waals surface area (Å²) in [5.74, 6) is -1.78. The molecule has 29 heavy (non-hydrogen) atoms. The van der Waals surface area contributed by atoms with Crippen LogP contribution in [0.25, 0.3) is 5.76 Å². The van der Waals surface area contributed by atoms with E-state index in [0.717, 1.165) is 4.47 Å². The third-order valence-electron chi connectivity index (χ3n) is 4.57. The van der Waals surface area contributed by atoms with Crippen LogP contribution in [0.1, 0.15) is 17.2 Å². The molecule has 2 aromatic rings. The number of benzene rings is 2. The van der Waals surface area contributed by atoms with Crippen LogP contribution in [0.4, 0.5) is 0 Å². The summed E-state index contributed by atoms with van der Waals surface area (Å²) >= 11 is 9.69. The number of Topliss-reactive ketones (excluding diaryl/α,β-unsaturated/α-hetero) is 1. The lowest BCUT2D eigenvalue weighted by atomic mass is 9.95. The molecule has 0 spiro atoms. The first kappa shape index (κ1) is 21.5. The Morgan fingerprint density at radius 2 is 1.79 bits per heavy atom. The summed E-state index contributed by atoms with van der Waals surface area (Å²) in [6, 6.07) is 12.8. The fourth-order valence-corrected chi connectivity index (χ4v) is 3.73. The van der Waals surface area contributed by atoms with Gasteiger partial charge in [-0.3, -0.25) is 9.59 Å². The fourth-order valence-electron chi connectivity index (χ4n) is 3.22. The number of carbonyl (C=O) groups is 2. The molecule has 0 saturated carbocycles. The monoisotopic (exact) mass is 479 g/mol. The molecule has 152 valence electrons. The van der Waals surface area contributed by atoms with Crippen LogP contribution in [-0.4, -0.2) is 53.2 Å².